The molecular formula is C14H22BrNO. The van der Waals surface area contributed by atoms with Crippen LogP contribution in [0.5, 0.6) is 0 Å². The topological polar surface area (TPSA) is 21.3 Å². The second kappa shape index (κ2) is 9.49. The van der Waals surface area contributed by atoms with E-state index in [-0.39, 0.29) is 0 Å². The number of ether oxygens (including phenoxy) is 1. The number of unbranched alkanes of at least 4 members (excludes halogenated alkanes) is 3. The molecule has 0 atom stereocenters. The predicted octanol–water partition coefficient (Wildman–Crippen LogP) is 4.46. The van der Waals surface area contributed by atoms with Crippen molar-refractivity contribution in [2.75, 3.05) is 25.1 Å². The molecule has 17 heavy (non-hydrogen) atoms. The van der Waals surface area contributed by atoms with Crippen LogP contribution in [0.2, 0.25) is 0 Å². The van der Waals surface area contributed by atoms with Gasteiger partial charge in [0.15, 0.2) is 0 Å². The van der Waals surface area contributed by atoms with Gasteiger partial charge in [0.25, 0.3) is 0 Å². The second-order valence-electron chi connectivity index (χ2n) is 4.11. The van der Waals surface area contributed by atoms with Crippen molar-refractivity contribution in [3.05, 3.63) is 28.7 Å². The van der Waals surface area contributed by atoms with Crippen LogP contribution in [0, 0.1) is 0 Å². The van der Waals surface area contributed by atoms with E-state index in [2.05, 4.69) is 40.3 Å². The molecule has 0 aromatic heterocycles. The number of halogens is 1. The third-order valence-electron chi connectivity index (χ3n) is 2.56. The molecular weight excluding hydrogens is 278 g/mol. The van der Waals surface area contributed by atoms with Gasteiger partial charge in [0.2, 0.25) is 0 Å². The van der Waals surface area contributed by atoms with Gasteiger partial charge in [0.05, 0.1) is 6.61 Å². The number of nitrogens with one attached hydrogen (secondary N) is 1. The van der Waals surface area contributed by atoms with Gasteiger partial charge in [0, 0.05) is 23.3 Å². The fraction of sp³-hybridized carbons (Fsp3) is 0.571. The molecule has 3 heteroatoms. The maximum atomic E-state index is 5.55. The number of hydrogen-bond acceptors (Lipinski definition) is 2. The standard InChI is InChI=1S/C14H22BrNO/c1-2-3-4-5-11-17-12-10-16-14-8-6-13(15)7-9-14/h6-9,16H,2-5,10-12H2,1H3. The summed E-state index contributed by atoms with van der Waals surface area (Å²) in [6.07, 6.45) is 5.08. The molecule has 0 saturated carbocycles. The van der Waals surface area contributed by atoms with E-state index in [1.807, 2.05) is 12.1 Å². The van der Waals surface area contributed by atoms with E-state index in [4.69, 9.17) is 4.74 Å². The predicted molar refractivity (Wildman–Crippen MR) is 77.6 cm³/mol. The minimum Gasteiger partial charge on any atom is -0.383 e. The molecule has 1 N–H and O–H groups in total. The Morgan fingerprint density at radius 3 is 2.53 bits per heavy atom. The molecule has 0 aliphatic heterocycles. The zero-order valence-electron chi connectivity index (χ0n) is 10.5. The van der Waals surface area contributed by atoms with Crippen LogP contribution in [0.25, 0.3) is 0 Å². The molecule has 0 aliphatic rings. The largest absolute Gasteiger partial charge is 0.383 e. The zero-order valence-corrected chi connectivity index (χ0v) is 12.1. The van der Waals surface area contributed by atoms with Crippen LogP contribution in [-0.4, -0.2) is 19.8 Å². The first-order valence-electron chi connectivity index (χ1n) is 6.40. The van der Waals surface area contributed by atoms with E-state index >= 15 is 0 Å². The summed E-state index contributed by atoms with van der Waals surface area (Å²) in [6, 6.07) is 8.19. The van der Waals surface area contributed by atoms with Crippen LogP contribution >= 0.6 is 15.9 Å². The summed E-state index contributed by atoms with van der Waals surface area (Å²) >= 11 is 3.42. The number of rotatable bonds is 9. The first-order chi connectivity index (χ1) is 8.33. The quantitative estimate of drug-likeness (QED) is 0.680. The maximum absolute atomic E-state index is 5.55. The summed E-state index contributed by atoms with van der Waals surface area (Å²) in [5.41, 5.74) is 1.14. The van der Waals surface area contributed by atoms with Crippen molar-refractivity contribution >= 4 is 21.6 Å². The molecule has 1 rings (SSSR count). The fourth-order valence-electron chi connectivity index (χ4n) is 1.57. The molecule has 1 aromatic rings. The van der Waals surface area contributed by atoms with E-state index in [0.29, 0.717) is 0 Å². The van der Waals surface area contributed by atoms with E-state index in [9.17, 15) is 0 Å². The van der Waals surface area contributed by atoms with Gasteiger partial charge in [-0.2, -0.15) is 0 Å². The van der Waals surface area contributed by atoms with Crippen molar-refractivity contribution in [2.45, 2.75) is 32.6 Å². The highest BCUT2D eigenvalue weighted by molar-refractivity contribution is 9.10. The summed E-state index contributed by atoms with van der Waals surface area (Å²) < 4.78 is 6.66. The van der Waals surface area contributed by atoms with Crippen LogP contribution in [0.1, 0.15) is 32.6 Å². The molecule has 2 nitrogen and oxygen atoms in total. The van der Waals surface area contributed by atoms with E-state index < -0.39 is 0 Å². The van der Waals surface area contributed by atoms with Gasteiger partial charge >= 0.3 is 0 Å². The Bertz CT molecular complexity index is 287. The fourth-order valence-corrected chi connectivity index (χ4v) is 1.83. The van der Waals surface area contributed by atoms with Crippen molar-refractivity contribution in [3.63, 3.8) is 0 Å². The Hall–Kier alpha value is -0.540. The van der Waals surface area contributed by atoms with Gasteiger partial charge in [-0.1, -0.05) is 42.1 Å². The van der Waals surface area contributed by atoms with Gasteiger partial charge in [-0.15, -0.1) is 0 Å². The lowest BCUT2D eigenvalue weighted by Gasteiger charge is -2.07. The number of anilines is 1. The summed E-state index contributed by atoms with van der Waals surface area (Å²) in [5.74, 6) is 0. The monoisotopic (exact) mass is 299 g/mol. The van der Waals surface area contributed by atoms with Crippen LogP contribution in [0.4, 0.5) is 5.69 Å². The molecule has 1 aromatic carbocycles. The van der Waals surface area contributed by atoms with Gasteiger partial charge in [-0.25, -0.2) is 0 Å². The molecule has 0 unspecified atom stereocenters. The van der Waals surface area contributed by atoms with Gasteiger partial charge in [0.1, 0.15) is 0 Å². The Labute approximate surface area is 113 Å². The molecule has 0 saturated heterocycles. The van der Waals surface area contributed by atoms with Gasteiger partial charge < -0.3 is 10.1 Å². The van der Waals surface area contributed by atoms with Crippen molar-refractivity contribution in [1.29, 1.82) is 0 Å². The van der Waals surface area contributed by atoms with Crippen LogP contribution < -0.4 is 5.32 Å². The highest BCUT2D eigenvalue weighted by atomic mass is 79.9. The van der Waals surface area contributed by atoms with Crippen LogP contribution in [0.15, 0.2) is 28.7 Å². The third kappa shape index (κ3) is 7.40. The lowest BCUT2D eigenvalue weighted by atomic mass is 10.2. The molecule has 0 aliphatic carbocycles. The van der Waals surface area contributed by atoms with Gasteiger partial charge in [-0.05, 0) is 30.7 Å². The Kier molecular flexibility index (Phi) is 8.10. The molecule has 0 radical (unpaired) electrons. The smallest absolute Gasteiger partial charge is 0.0639 e. The van der Waals surface area contributed by atoms with Crippen molar-refractivity contribution < 1.29 is 4.74 Å². The van der Waals surface area contributed by atoms with Crippen molar-refractivity contribution in [1.82, 2.24) is 0 Å². The molecule has 0 heterocycles. The normalized spacial score (nSPS) is 10.5. The SMILES string of the molecule is CCCCCCOCCNc1ccc(Br)cc1. The Balaban J connectivity index is 1.95. The summed E-state index contributed by atoms with van der Waals surface area (Å²) in [5, 5.41) is 3.33. The van der Waals surface area contributed by atoms with E-state index in [1.165, 1.54) is 25.7 Å². The molecule has 0 bridgehead atoms. The summed E-state index contributed by atoms with van der Waals surface area (Å²) in [4.78, 5) is 0. The van der Waals surface area contributed by atoms with Crippen molar-refractivity contribution in [2.24, 2.45) is 0 Å². The second-order valence-corrected chi connectivity index (χ2v) is 5.02. The summed E-state index contributed by atoms with van der Waals surface area (Å²) in [6.45, 7) is 4.77. The molecule has 0 fully saturated rings. The third-order valence-corrected chi connectivity index (χ3v) is 3.09. The molecule has 96 valence electrons. The first-order valence-corrected chi connectivity index (χ1v) is 7.19. The lowest BCUT2D eigenvalue weighted by Crippen LogP contribution is -2.09. The highest BCUT2D eigenvalue weighted by Crippen LogP contribution is 2.13. The Morgan fingerprint density at radius 2 is 1.82 bits per heavy atom. The average molecular weight is 300 g/mol. The van der Waals surface area contributed by atoms with Gasteiger partial charge in [-0.3, -0.25) is 0 Å². The molecule has 0 amide bonds. The van der Waals surface area contributed by atoms with E-state index in [1.54, 1.807) is 0 Å². The summed E-state index contributed by atoms with van der Waals surface area (Å²) in [7, 11) is 0. The number of benzene rings is 1. The van der Waals surface area contributed by atoms with Crippen molar-refractivity contribution in [3.8, 4) is 0 Å². The zero-order chi connectivity index (χ0) is 12.3. The van der Waals surface area contributed by atoms with Crippen LogP contribution in [0.3, 0.4) is 0 Å². The van der Waals surface area contributed by atoms with Crippen LogP contribution in [-0.2, 0) is 4.74 Å². The maximum Gasteiger partial charge on any atom is 0.0639 e. The Morgan fingerprint density at radius 1 is 1.06 bits per heavy atom. The average Bonchev–Trinajstić information content (AvgIpc) is 2.35. The molecule has 0 spiro atoms. The minimum atomic E-state index is 0.780. The minimum absolute atomic E-state index is 0.780. The van der Waals surface area contributed by atoms with E-state index in [0.717, 1.165) is 29.9 Å². The highest BCUT2D eigenvalue weighted by Gasteiger charge is 1.92. The first kappa shape index (κ1) is 14.5. The number of hydrogen-bond donors (Lipinski definition) is 1. The lowest BCUT2D eigenvalue weighted by molar-refractivity contribution is 0.139.